The number of nitrogens with zero attached hydrogens (tertiary/aromatic N) is 1. The summed E-state index contributed by atoms with van der Waals surface area (Å²) in [6.07, 6.45) is 2.90. The molecule has 0 aliphatic rings. The summed E-state index contributed by atoms with van der Waals surface area (Å²) >= 11 is 5.01. The molecule has 0 saturated heterocycles. The van der Waals surface area contributed by atoms with E-state index in [1.807, 2.05) is 6.92 Å². The number of aromatic nitrogens is 1. The van der Waals surface area contributed by atoms with Gasteiger partial charge in [0.1, 0.15) is 6.20 Å². The van der Waals surface area contributed by atoms with Crippen LogP contribution in [0.3, 0.4) is 0 Å². The summed E-state index contributed by atoms with van der Waals surface area (Å²) in [5, 5.41) is 3.48. The van der Waals surface area contributed by atoms with E-state index >= 15 is 0 Å². The van der Waals surface area contributed by atoms with Crippen LogP contribution in [0.5, 0.6) is 5.75 Å². The van der Waals surface area contributed by atoms with Gasteiger partial charge in [-0.05, 0) is 6.42 Å². The molecular weight excluding hydrogens is 182 g/mol. The molecule has 0 N–H and O–H groups in total. The smallest absolute Gasteiger partial charge is 0.409 e. The zero-order chi connectivity index (χ0) is 8.97. The lowest BCUT2D eigenvalue weighted by atomic mass is 10.2. The lowest BCUT2D eigenvalue weighted by molar-refractivity contribution is 0.224. The van der Waals surface area contributed by atoms with E-state index in [2.05, 4.69) is 9.89 Å². The van der Waals surface area contributed by atoms with Gasteiger partial charge >= 0.3 is 5.43 Å². The van der Waals surface area contributed by atoms with E-state index in [0.717, 1.165) is 6.42 Å². The Balaban J connectivity index is 2.69. The van der Waals surface area contributed by atoms with Gasteiger partial charge in [0, 0.05) is 18.0 Å². The van der Waals surface area contributed by atoms with Crippen molar-refractivity contribution in [3.63, 3.8) is 0 Å². The van der Waals surface area contributed by atoms with Crippen molar-refractivity contribution in [2.24, 2.45) is 0 Å². The Labute approximate surface area is 74.4 Å². The van der Waals surface area contributed by atoms with Gasteiger partial charge in [-0.2, -0.15) is 0 Å². The van der Waals surface area contributed by atoms with Gasteiger partial charge in [-0.3, -0.25) is 0 Å². The summed E-state index contributed by atoms with van der Waals surface area (Å²) in [6, 6.07) is 0. The number of aryl methyl sites for hydroxylation is 1. The predicted molar refractivity (Wildman–Crippen MR) is 42.4 cm³/mol. The number of hydrogen-bond donors (Lipinski definition) is 0. The van der Waals surface area contributed by atoms with E-state index in [-0.39, 0.29) is 0 Å². The molecule has 0 saturated carbocycles. The normalized spacial score (nSPS) is 9.83. The van der Waals surface area contributed by atoms with Gasteiger partial charge in [-0.15, -0.1) is 0 Å². The van der Waals surface area contributed by atoms with Crippen LogP contribution in [0.15, 0.2) is 10.7 Å². The van der Waals surface area contributed by atoms with Crippen LogP contribution in [0, 0.1) is 0 Å². The molecular formula is C7H8ClNO3. The molecule has 0 aliphatic carbocycles. The van der Waals surface area contributed by atoms with Crippen molar-refractivity contribution in [2.45, 2.75) is 19.8 Å². The molecule has 4 nitrogen and oxygen atoms in total. The Morgan fingerprint density at radius 1 is 1.83 bits per heavy atom. The maximum atomic E-state index is 10.3. The van der Waals surface area contributed by atoms with Gasteiger partial charge < -0.3 is 9.26 Å². The first-order valence-electron chi connectivity index (χ1n) is 3.55. The highest BCUT2D eigenvalue weighted by molar-refractivity contribution is 6.61. The van der Waals surface area contributed by atoms with Crippen molar-refractivity contribution in [1.82, 2.24) is 5.16 Å². The van der Waals surface area contributed by atoms with E-state index in [0.29, 0.717) is 17.9 Å². The summed E-state index contributed by atoms with van der Waals surface area (Å²) in [7, 11) is 0. The third-order valence-corrected chi connectivity index (χ3v) is 1.35. The lowest BCUT2D eigenvalue weighted by Crippen LogP contribution is -1.97. The molecule has 0 fully saturated rings. The highest BCUT2D eigenvalue weighted by Crippen LogP contribution is 2.19. The van der Waals surface area contributed by atoms with Gasteiger partial charge in [0.15, 0.2) is 11.5 Å². The van der Waals surface area contributed by atoms with E-state index < -0.39 is 5.43 Å². The van der Waals surface area contributed by atoms with Crippen LogP contribution >= 0.6 is 11.6 Å². The first-order chi connectivity index (χ1) is 5.74. The van der Waals surface area contributed by atoms with Crippen molar-refractivity contribution >= 4 is 17.0 Å². The minimum atomic E-state index is -0.879. The van der Waals surface area contributed by atoms with Crippen LogP contribution in [0.25, 0.3) is 0 Å². The molecule has 1 aromatic heterocycles. The molecule has 1 heterocycles. The zero-order valence-corrected chi connectivity index (χ0v) is 7.30. The zero-order valence-electron chi connectivity index (χ0n) is 6.54. The number of ether oxygens (including phenoxy) is 1. The second kappa shape index (κ2) is 4.11. The molecule has 12 heavy (non-hydrogen) atoms. The van der Waals surface area contributed by atoms with Gasteiger partial charge in [0.25, 0.3) is 0 Å². The fourth-order valence-electron chi connectivity index (χ4n) is 0.820. The number of carbonyl (C=O) groups is 1. The van der Waals surface area contributed by atoms with E-state index in [1.165, 1.54) is 6.20 Å². The molecule has 0 bridgehead atoms. The molecule has 0 radical (unpaired) electrons. The Morgan fingerprint density at radius 2 is 2.58 bits per heavy atom. The molecule has 5 heteroatoms. The monoisotopic (exact) mass is 189 g/mol. The number of hydrogen-bond acceptors (Lipinski definition) is 4. The van der Waals surface area contributed by atoms with Crippen LogP contribution < -0.4 is 4.74 Å². The van der Waals surface area contributed by atoms with Crippen molar-refractivity contribution < 1.29 is 14.1 Å². The van der Waals surface area contributed by atoms with E-state index in [9.17, 15) is 4.79 Å². The molecule has 0 atom stereocenters. The molecule has 66 valence electrons. The van der Waals surface area contributed by atoms with E-state index in [1.54, 1.807) is 0 Å². The quantitative estimate of drug-likeness (QED) is 0.685. The van der Waals surface area contributed by atoms with Crippen LogP contribution in [0.4, 0.5) is 4.79 Å². The number of carbonyl (C=O) groups excluding carboxylic acids is 1. The number of rotatable bonds is 3. The lowest BCUT2D eigenvalue weighted by Gasteiger charge is -1.96. The van der Waals surface area contributed by atoms with Crippen LogP contribution in [0.1, 0.15) is 19.1 Å². The summed E-state index contributed by atoms with van der Waals surface area (Å²) in [5.74, 6) is 0.850. The second-order valence-electron chi connectivity index (χ2n) is 2.20. The van der Waals surface area contributed by atoms with Gasteiger partial charge in [0.05, 0.1) is 0 Å². The average molecular weight is 190 g/mol. The van der Waals surface area contributed by atoms with Gasteiger partial charge in [-0.25, -0.2) is 4.79 Å². The van der Waals surface area contributed by atoms with Gasteiger partial charge in [0.2, 0.25) is 0 Å². The van der Waals surface area contributed by atoms with Crippen molar-refractivity contribution in [3.8, 4) is 5.75 Å². The fraction of sp³-hybridized carbons (Fsp3) is 0.429. The summed E-state index contributed by atoms with van der Waals surface area (Å²) < 4.78 is 9.43. The largest absolute Gasteiger partial charge is 0.409 e. The molecule has 0 spiro atoms. The minimum absolute atomic E-state index is 0.303. The van der Waals surface area contributed by atoms with Crippen molar-refractivity contribution in [2.75, 3.05) is 0 Å². The van der Waals surface area contributed by atoms with Crippen LogP contribution in [0.2, 0.25) is 0 Å². The summed E-state index contributed by atoms with van der Waals surface area (Å²) in [6.45, 7) is 1.98. The summed E-state index contributed by atoms with van der Waals surface area (Å²) in [4.78, 5) is 10.3. The number of halogens is 1. The Hall–Kier alpha value is -1.03. The second-order valence-corrected chi connectivity index (χ2v) is 2.51. The van der Waals surface area contributed by atoms with Gasteiger partial charge in [-0.1, -0.05) is 12.1 Å². The Morgan fingerprint density at radius 3 is 3.17 bits per heavy atom. The topological polar surface area (TPSA) is 52.3 Å². The molecule has 1 rings (SSSR count). The molecule has 0 aromatic carbocycles. The minimum Gasteiger partial charge on any atom is -0.409 e. The molecule has 1 aromatic rings. The third kappa shape index (κ3) is 2.23. The third-order valence-electron chi connectivity index (χ3n) is 1.27. The van der Waals surface area contributed by atoms with Crippen LogP contribution in [-0.4, -0.2) is 10.6 Å². The highest BCUT2D eigenvalue weighted by Gasteiger charge is 2.10. The highest BCUT2D eigenvalue weighted by atomic mass is 35.5. The average Bonchev–Trinajstić information content (AvgIpc) is 2.37. The molecule has 0 unspecified atom stereocenters. The Bertz CT molecular complexity index is 271. The van der Waals surface area contributed by atoms with Crippen molar-refractivity contribution in [1.29, 1.82) is 0 Å². The predicted octanol–water partition coefficient (Wildman–Crippen LogP) is 2.36. The SMILES string of the molecule is CCCc1oncc1OC(=O)Cl. The maximum Gasteiger partial charge on any atom is 0.409 e. The molecule has 0 amide bonds. The van der Waals surface area contributed by atoms with Crippen LogP contribution in [-0.2, 0) is 6.42 Å². The Kier molecular flexibility index (Phi) is 3.10. The molecule has 0 aliphatic heterocycles. The first kappa shape index (κ1) is 9.06. The first-order valence-corrected chi connectivity index (χ1v) is 3.92. The van der Waals surface area contributed by atoms with E-state index in [4.69, 9.17) is 16.1 Å². The summed E-state index contributed by atoms with van der Waals surface area (Å²) in [5.41, 5.74) is -0.879. The van der Waals surface area contributed by atoms with Crippen molar-refractivity contribution in [3.05, 3.63) is 12.0 Å². The maximum absolute atomic E-state index is 10.3. The standard InChI is InChI=1S/C7H8ClNO3/c1-2-3-5-6(4-9-12-5)11-7(8)10/h4H,2-3H2,1H3. The fourth-order valence-corrected chi connectivity index (χ4v) is 0.904.